The van der Waals surface area contributed by atoms with Gasteiger partial charge in [-0.15, -0.1) is 0 Å². The van der Waals surface area contributed by atoms with Gasteiger partial charge in [-0.25, -0.2) is 9.78 Å². The third-order valence-electron chi connectivity index (χ3n) is 5.16. The van der Waals surface area contributed by atoms with Crippen molar-refractivity contribution in [3.05, 3.63) is 43.0 Å². The second-order valence-electron chi connectivity index (χ2n) is 7.46. The van der Waals surface area contributed by atoms with Gasteiger partial charge in [0.2, 0.25) is 0 Å². The molecule has 30 heavy (non-hydrogen) atoms. The monoisotopic (exact) mass is 451 g/mol. The predicted molar refractivity (Wildman–Crippen MR) is 122 cm³/mol. The summed E-state index contributed by atoms with van der Waals surface area (Å²) in [6, 6.07) is 3.35. The van der Waals surface area contributed by atoms with Gasteiger partial charge in [-0.05, 0) is 51.0 Å². The summed E-state index contributed by atoms with van der Waals surface area (Å²) < 4.78 is 1.86. The maximum Gasteiger partial charge on any atom is 0.349 e. The number of aromatic nitrogens is 4. The van der Waals surface area contributed by atoms with Crippen molar-refractivity contribution in [3.8, 4) is 11.5 Å². The number of benzene rings is 1. The van der Waals surface area contributed by atoms with Gasteiger partial charge in [-0.3, -0.25) is 9.78 Å². The van der Waals surface area contributed by atoms with Gasteiger partial charge >= 0.3 is 5.69 Å². The van der Waals surface area contributed by atoms with Crippen LogP contribution in [-0.4, -0.2) is 44.1 Å². The Balaban J connectivity index is 1.96. The van der Waals surface area contributed by atoms with Crippen LogP contribution >= 0.6 is 23.2 Å². The highest BCUT2D eigenvalue weighted by Crippen LogP contribution is 2.29. The number of hydrogen-bond acceptors (Lipinski definition) is 5. The van der Waals surface area contributed by atoms with Crippen molar-refractivity contribution < 1.29 is 0 Å². The number of nitrogens with zero attached hydrogens (tertiary/aromatic N) is 4. The fraction of sp³-hybridized carbons (Fsp3) is 0.524. The quantitative estimate of drug-likeness (QED) is 0.467. The molecule has 0 atom stereocenters. The molecule has 162 valence electrons. The Hall–Kier alpha value is -1.96. The molecule has 2 aliphatic heterocycles. The minimum absolute atomic E-state index is 0.120. The molecule has 0 fully saturated rings. The van der Waals surface area contributed by atoms with Gasteiger partial charge < -0.3 is 9.47 Å². The minimum atomic E-state index is -0.685. The molecule has 0 saturated heterocycles. The zero-order valence-electron chi connectivity index (χ0n) is 17.4. The maximum absolute atomic E-state index is 12.3. The van der Waals surface area contributed by atoms with E-state index in [1.807, 2.05) is 4.57 Å². The molecule has 0 saturated carbocycles. The van der Waals surface area contributed by atoms with Crippen LogP contribution in [0, 0.1) is 0 Å². The lowest BCUT2D eigenvalue weighted by Gasteiger charge is -2.23. The Bertz CT molecular complexity index is 1090. The van der Waals surface area contributed by atoms with Crippen LogP contribution in [0.1, 0.15) is 46.0 Å². The molecule has 0 radical (unpaired) electrons. The highest BCUT2D eigenvalue weighted by molar-refractivity contribution is 6.42. The lowest BCUT2D eigenvalue weighted by molar-refractivity contribution is 0.257. The molecule has 1 aromatic rings. The lowest BCUT2D eigenvalue weighted by Crippen LogP contribution is -2.30. The highest BCUT2D eigenvalue weighted by Gasteiger charge is 2.19. The highest BCUT2D eigenvalue weighted by atomic mass is 35.5. The average molecular weight is 452 g/mol. The first kappa shape index (κ1) is 22.7. The molecule has 2 heterocycles. The van der Waals surface area contributed by atoms with Gasteiger partial charge in [0.25, 0.3) is 5.56 Å². The summed E-state index contributed by atoms with van der Waals surface area (Å²) in [7, 11) is 0. The Kier molecular flexibility index (Phi) is 7.86. The molecule has 0 aromatic heterocycles. The zero-order valence-corrected chi connectivity index (χ0v) is 18.9. The van der Waals surface area contributed by atoms with Crippen molar-refractivity contribution in [1.82, 2.24) is 24.4 Å². The molecule has 1 aromatic carbocycles. The third kappa shape index (κ3) is 5.20. The summed E-state index contributed by atoms with van der Waals surface area (Å²) >= 11 is 12.4. The third-order valence-corrected chi connectivity index (χ3v) is 5.88. The number of aromatic amines is 1. The summed E-state index contributed by atoms with van der Waals surface area (Å²) in [5.41, 5.74) is 0.114. The van der Waals surface area contributed by atoms with E-state index in [1.165, 1.54) is 12.8 Å². The van der Waals surface area contributed by atoms with Gasteiger partial charge in [0, 0.05) is 6.54 Å². The van der Waals surface area contributed by atoms with Crippen molar-refractivity contribution in [2.75, 3.05) is 19.6 Å². The van der Waals surface area contributed by atoms with Crippen molar-refractivity contribution in [2.24, 2.45) is 0 Å². The molecule has 7 nitrogen and oxygen atoms in total. The molecule has 9 heteroatoms. The zero-order chi connectivity index (χ0) is 21.7. The number of aryl methyl sites for hydroxylation is 1. The van der Waals surface area contributed by atoms with E-state index in [4.69, 9.17) is 23.2 Å². The number of hydrogen-bond donors (Lipinski definition) is 1. The van der Waals surface area contributed by atoms with Crippen LogP contribution in [0.3, 0.4) is 0 Å². The van der Waals surface area contributed by atoms with E-state index in [1.54, 1.807) is 12.1 Å². The van der Waals surface area contributed by atoms with Crippen LogP contribution in [0.2, 0.25) is 10.0 Å². The van der Waals surface area contributed by atoms with E-state index in [2.05, 4.69) is 33.7 Å². The number of H-pyrrole nitrogens is 1. The largest absolute Gasteiger partial charge is 0.349 e. The first-order valence-corrected chi connectivity index (χ1v) is 11.2. The first-order chi connectivity index (χ1) is 14.4. The minimum Gasteiger partial charge on any atom is -0.322 e. The normalized spacial score (nSPS) is 11.8. The molecule has 0 amide bonds. The molecule has 3 rings (SSSR count). The Morgan fingerprint density at radius 3 is 2.27 bits per heavy atom. The molecule has 1 N–H and O–H groups in total. The van der Waals surface area contributed by atoms with Crippen LogP contribution in [-0.2, 0) is 6.54 Å². The fourth-order valence-corrected chi connectivity index (χ4v) is 3.88. The number of nitrogens with one attached hydrogen (secondary N) is 1. The van der Waals surface area contributed by atoms with Crippen molar-refractivity contribution in [3.63, 3.8) is 0 Å². The number of unbranched alkanes of at least 4 members (excludes halogenated alkanes) is 2. The van der Waals surface area contributed by atoms with Crippen molar-refractivity contribution in [1.29, 1.82) is 0 Å². The Morgan fingerprint density at radius 1 is 0.967 bits per heavy atom. The fourth-order valence-electron chi connectivity index (χ4n) is 3.57. The van der Waals surface area contributed by atoms with Crippen LogP contribution in [0.15, 0.2) is 21.7 Å². The molecular formula is C21H27Cl2N5O2. The van der Waals surface area contributed by atoms with E-state index >= 15 is 0 Å². The Morgan fingerprint density at radius 2 is 1.60 bits per heavy atom. The van der Waals surface area contributed by atoms with Gasteiger partial charge in [0.15, 0.2) is 11.5 Å². The molecule has 0 spiro atoms. The van der Waals surface area contributed by atoms with Crippen molar-refractivity contribution >= 4 is 34.2 Å². The van der Waals surface area contributed by atoms with Gasteiger partial charge in [0.05, 0.1) is 21.1 Å². The molecule has 0 bridgehead atoms. The predicted octanol–water partition coefficient (Wildman–Crippen LogP) is 4.18. The maximum atomic E-state index is 12.3. The second-order valence-corrected chi connectivity index (χ2v) is 8.28. The summed E-state index contributed by atoms with van der Waals surface area (Å²) in [4.78, 5) is 37.3. The number of rotatable bonds is 10. The average Bonchev–Trinajstić information content (AvgIpc) is 2.71. The smallest absolute Gasteiger partial charge is 0.322 e. The molecule has 0 aliphatic carbocycles. The summed E-state index contributed by atoms with van der Waals surface area (Å²) in [5.74, 6) is 0.267. The van der Waals surface area contributed by atoms with Crippen LogP contribution in [0.5, 0.6) is 0 Å². The van der Waals surface area contributed by atoms with Crippen molar-refractivity contribution in [2.45, 2.75) is 52.5 Å². The van der Waals surface area contributed by atoms with Gasteiger partial charge in [0.1, 0.15) is 0 Å². The summed E-state index contributed by atoms with van der Waals surface area (Å²) in [6.45, 7) is 8.04. The van der Waals surface area contributed by atoms with E-state index in [0.717, 1.165) is 38.9 Å². The Labute approximate surface area is 185 Å². The summed E-state index contributed by atoms with van der Waals surface area (Å²) in [5, 5.41) is 0.747. The topological polar surface area (TPSA) is 83.9 Å². The van der Waals surface area contributed by atoms with E-state index in [-0.39, 0.29) is 11.5 Å². The number of fused-ring (bicyclic) bond motifs is 2. The summed E-state index contributed by atoms with van der Waals surface area (Å²) in [6.07, 6.45) is 5.50. The molecular weight excluding hydrogens is 425 g/mol. The number of halogens is 2. The van der Waals surface area contributed by atoms with E-state index in [9.17, 15) is 9.59 Å². The lowest BCUT2D eigenvalue weighted by atomic mass is 10.2. The van der Waals surface area contributed by atoms with Crippen LogP contribution < -0.4 is 11.2 Å². The SMILES string of the molecule is CCCCN(CCCC)CCCn1c2nc(=O)[nH]c(=O)c-2nc2cc(Cl)c(Cl)cc21. The van der Waals surface area contributed by atoms with E-state index in [0.29, 0.717) is 27.6 Å². The first-order valence-electron chi connectivity index (χ1n) is 10.5. The van der Waals surface area contributed by atoms with E-state index < -0.39 is 11.2 Å². The van der Waals surface area contributed by atoms with Crippen LogP contribution in [0.25, 0.3) is 22.6 Å². The van der Waals surface area contributed by atoms with Crippen LogP contribution in [0.4, 0.5) is 0 Å². The van der Waals surface area contributed by atoms with Gasteiger partial charge in [-0.2, -0.15) is 4.98 Å². The standard InChI is InChI=1S/C21H27Cl2N5O2/c1-3-5-8-27(9-6-4-2)10-7-11-28-17-13-15(23)14(22)12-16(17)24-18-19(28)25-21(30)26-20(18)29/h12-13H,3-11H2,1-2H3,(H,26,29,30). The van der Waals surface area contributed by atoms with Gasteiger partial charge in [-0.1, -0.05) is 49.9 Å². The second kappa shape index (κ2) is 10.4. The molecule has 2 aliphatic rings. The molecule has 0 unspecified atom stereocenters.